The van der Waals surface area contributed by atoms with Crippen molar-refractivity contribution >= 4 is 11.9 Å². The summed E-state index contributed by atoms with van der Waals surface area (Å²) >= 11 is 0. The van der Waals surface area contributed by atoms with Crippen LogP contribution in [0.2, 0.25) is 0 Å². The topological polar surface area (TPSA) is 60.9 Å². The van der Waals surface area contributed by atoms with Gasteiger partial charge in [-0.1, -0.05) is 11.6 Å². The van der Waals surface area contributed by atoms with E-state index in [1.54, 1.807) is 11.9 Å². The molecule has 0 radical (unpaired) electrons. The molecule has 1 aliphatic carbocycles. The van der Waals surface area contributed by atoms with Crippen LogP contribution in [0.4, 0.5) is 0 Å². The third-order valence-electron chi connectivity index (χ3n) is 5.90. The fraction of sp³-hybridized carbons (Fsp3) is 0.765. The zero-order valence-corrected chi connectivity index (χ0v) is 13.4. The fourth-order valence-corrected chi connectivity index (χ4v) is 4.42. The quantitative estimate of drug-likeness (QED) is 0.809. The molecule has 3 aliphatic rings. The van der Waals surface area contributed by atoms with E-state index in [1.807, 2.05) is 0 Å². The number of aliphatic carboxylic acids is 1. The van der Waals surface area contributed by atoms with E-state index < -0.39 is 17.4 Å². The summed E-state index contributed by atoms with van der Waals surface area (Å²) in [7, 11) is 1.78. The molecule has 2 heterocycles. The average Bonchev–Trinajstić information content (AvgIpc) is 2.76. The van der Waals surface area contributed by atoms with Gasteiger partial charge in [-0.2, -0.15) is 0 Å². The molecule has 1 unspecified atom stereocenters. The summed E-state index contributed by atoms with van der Waals surface area (Å²) in [5.41, 5.74) is 1.08. The molecule has 1 N–H and O–H groups in total. The fourth-order valence-electron chi connectivity index (χ4n) is 4.42. The number of piperidine rings is 1. The summed E-state index contributed by atoms with van der Waals surface area (Å²) in [6, 6.07) is 0. The Labute approximate surface area is 132 Å². The molecule has 0 aromatic rings. The van der Waals surface area contributed by atoms with Crippen LogP contribution in [0.5, 0.6) is 0 Å². The molecule has 1 spiro atoms. The molecule has 122 valence electrons. The van der Waals surface area contributed by atoms with Gasteiger partial charge in [0, 0.05) is 33.1 Å². The van der Waals surface area contributed by atoms with Crippen molar-refractivity contribution in [1.29, 1.82) is 0 Å². The lowest BCUT2D eigenvalue weighted by atomic mass is 9.77. The van der Waals surface area contributed by atoms with Crippen molar-refractivity contribution in [2.45, 2.75) is 50.5 Å². The normalized spacial score (nSPS) is 29.0. The van der Waals surface area contributed by atoms with Gasteiger partial charge in [0.2, 0.25) is 5.91 Å². The van der Waals surface area contributed by atoms with Gasteiger partial charge in [0.15, 0.2) is 0 Å². The van der Waals surface area contributed by atoms with Crippen molar-refractivity contribution < 1.29 is 14.7 Å². The van der Waals surface area contributed by atoms with E-state index in [2.05, 4.69) is 11.0 Å². The molecule has 1 amide bonds. The maximum Gasteiger partial charge on any atom is 0.309 e. The first-order chi connectivity index (χ1) is 10.5. The number of allylic oxidation sites excluding steroid dienone is 1. The van der Waals surface area contributed by atoms with Gasteiger partial charge in [-0.15, -0.1) is 0 Å². The Morgan fingerprint density at radius 3 is 2.68 bits per heavy atom. The SMILES string of the molecule is CN1C(=O)CC(C(=O)O)C12CCN(CC1=CCCCC1)CC2. The number of carboxylic acid groups (broad SMARTS) is 1. The van der Waals surface area contributed by atoms with Crippen LogP contribution in [-0.4, -0.2) is 59.0 Å². The molecule has 2 aliphatic heterocycles. The first-order valence-corrected chi connectivity index (χ1v) is 8.43. The molecule has 5 nitrogen and oxygen atoms in total. The predicted molar refractivity (Wildman–Crippen MR) is 83.5 cm³/mol. The maximum atomic E-state index is 12.0. The maximum absolute atomic E-state index is 12.0. The number of rotatable bonds is 3. The largest absolute Gasteiger partial charge is 0.481 e. The van der Waals surface area contributed by atoms with Gasteiger partial charge in [0.25, 0.3) is 0 Å². The number of carbonyl (C=O) groups is 2. The summed E-state index contributed by atoms with van der Waals surface area (Å²) in [4.78, 5) is 27.7. The van der Waals surface area contributed by atoms with Crippen molar-refractivity contribution in [3.8, 4) is 0 Å². The summed E-state index contributed by atoms with van der Waals surface area (Å²) in [5, 5.41) is 9.49. The number of hydrogen-bond acceptors (Lipinski definition) is 3. The third-order valence-corrected chi connectivity index (χ3v) is 5.90. The number of carbonyl (C=O) groups excluding carboxylic acids is 1. The predicted octanol–water partition coefficient (Wildman–Crippen LogP) is 1.88. The number of likely N-dealkylation sites (tertiary alicyclic amines) is 2. The minimum absolute atomic E-state index is 0.0177. The number of amides is 1. The highest BCUT2D eigenvalue weighted by Crippen LogP contribution is 2.42. The smallest absolute Gasteiger partial charge is 0.309 e. The Kier molecular flexibility index (Phi) is 4.26. The Balaban J connectivity index is 1.65. The number of carboxylic acids is 1. The molecule has 5 heteroatoms. The Morgan fingerprint density at radius 2 is 2.09 bits per heavy atom. The van der Waals surface area contributed by atoms with Gasteiger partial charge in [-0.05, 0) is 38.5 Å². The van der Waals surface area contributed by atoms with Crippen LogP contribution in [0.25, 0.3) is 0 Å². The van der Waals surface area contributed by atoms with Crippen LogP contribution in [0, 0.1) is 5.92 Å². The second kappa shape index (κ2) is 6.03. The first kappa shape index (κ1) is 15.5. The van der Waals surface area contributed by atoms with Gasteiger partial charge < -0.3 is 10.0 Å². The van der Waals surface area contributed by atoms with Crippen LogP contribution in [-0.2, 0) is 9.59 Å². The van der Waals surface area contributed by atoms with Crippen LogP contribution in [0.15, 0.2) is 11.6 Å². The van der Waals surface area contributed by atoms with E-state index in [9.17, 15) is 14.7 Å². The van der Waals surface area contributed by atoms with E-state index in [-0.39, 0.29) is 12.3 Å². The number of nitrogens with zero attached hydrogens (tertiary/aromatic N) is 2. The lowest BCUT2D eigenvalue weighted by molar-refractivity contribution is -0.146. The van der Waals surface area contributed by atoms with Crippen molar-refractivity contribution in [2.24, 2.45) is 5.92 Å². The monoisotopic (exact) mass is 306 g/mol. The summed E-state index contributed by atoms with van der Waals surface area (Å²) in [5.74, 6) is -1.38. The molecule has 22 heavy (non-hydrogen) atoms. The highest BCUT2D eigenvalue weighted by Gasteiger charge is 2.55. The summed E-state index contributed by atoms with van der Waals surface area (Å²) in [6.07, 6.45) is 9.10. The van der Waals surface area contributed by atoms with Crippen molar-refractivity contribution in [3.05, 3.63) is 11.6 Å². The van der Waals surface area contributed by atoms with Gasteiger partial charge in [0.1, 0.15) is 0 Å². The van der Waals surface area contributed by atoms with Crippen LogP contribution >= 0.6 is 0 Å². The van der Waals surface area contributed by atoms with Gasteiger partial charge >= 0.3 is 5.97 Å². The van der Waals surface area contributed by atoms with Crippen molar-refractivity contribution in [3.63, 3.8) is 0 Å². The highest BCUT2D eigenvalue weighted by atomic mass is 16.4. The number of hydrogen-bond donors (Lipinski definition) is 1. The molecule has 0 aromatic heterocycles. The van der Waals surface area contributed by atoms with Gasteiger partial charge in [-0.25, -0.2) is 0 Å². The molecular weight excluding hydrogens is 280 g/mol. The lowest BCUT2D eigenvalue weighted by Gasteiger charge is -2.45. The van der Waals surface area contributed by atoms with E-state index >= 15 is 0 Å². The highest BCUT2D eigenvalue weighted by molar-refractivity contribution is 5.88. The van der Waals surface area contributed by atoms with Crippen LogP contribution in [0.1, 0.15) is 44.9 Å². The van der Waals surface area contributed by atoms with E-state index in [1.165, 1.54) is 31.3 Å². The Morgan fingerprint density at radius 1 is 1.36 bits per heavy atom. The minimum atomic E-state index is -0.818. The second-order valence-electron chi connectivity index (χ2n) is 7.04. The zero-order valence-electron chi connectivity index (χ0n) is 13.4. The van der Waals surface area contributed by atoms with E-state index in [0.29, 0.717) is 0 Å². The molecule has 2 saturated heterocycles. The molecule has 0 aromatic carbocycles. The van der Waals surface area contributed by atoms with E-state index in [4.69, 9.17) is 0 Å². The van der Waals surface area contributed by atoms with Crippen molar-refractivity contribution in [2.75, 3.05) is 26.7 Å². The molecule has 2 fully saturated rings. The summed E-state index contributed by atoms with van der Waals surface area (Å²) < 4.78 is 0. The Bertz CT molecular complexity index is 492. The van der Waals surface area contributed by atoms with Gasteiger partial charge in [0.05, 0.1) is 11.5 Å². The van der Waals surface area contributed by atoms with Crippen LogP contribution in [0.3, 0.4) is 0 Å². The molecule has 0 saturated carbocycles. The first-order valence-electron chi connectivity index (χ1n) is 8.43. The standard InChI is InChI=1S/C17H26N2O3/c1-18-15(20)11-14(16(21)22)17(18)7-9-19(10-8-17)12-13-5-3-2-4-6-13/h5,14H,2-4,6-12H2,1H3,(H,21,22). The Hall–Kier alpha value is -1.36. The average molecular weight is 306 g/mol. The lowest BCUT2D eigenvalue weighted by Crippen LogP contribution is -2.56. The van der Waals surface area contributed by atoms with Crippen molar-refractivity contribution in [1.82, 2.24) is 9.80 Å². The third kappa shape index (κ3) is 2.67. The van der Waals surface area contributed by atoms with E-state index in [0.717, 1.165) is 32.5 Å². The molecular formula is C17H26N2O3. The molecule has 0 bridgehead atoms. The zero-order chi connectivity index (χ0) is 15.7. The minimum Gasteiger partial charge on any atom is -0.481 e. The van der Waals surface area contributed by atoms with Gasteiger partial charge in [-0.3, -0.25) is 14.5 Å². The van der Waals surface area contributed by atoms with Crippen LogP contribution < -0.4 is 0 Å². The molecule has 3 rings (SSSR count). The molecule has 1 atom stereocenters. The second-order valence-corrected chi connectivity index (χ2v) is 7.04. The summed E-state index contributed by atoms with van der Waals surface area (Å²) in [6.45, 7) is 2.79.